The van der Waals surface area contributed by atoms with Gasteiger partial charge in [-0.3, -0.25) is 19.5 Å². The monoisotopic (exact) mass is 520 g/mol. The molecule has 1 aliphatic rings. The molecule has 1 saturated carbocycles. The van der Waals surface area contributed by atoms with Gasteiger partial charge in [-0.1, -0.05) is 99.5 Å². The summed E-state index contributed by atoms with van der Waals surface area (Å²) in [6.07, 6.45) is 5.86. The van der Waals surface area contributed by atoms with E-state index in [-0.39, 0.29) is 24.3 Å². The minimum Gasteiger partial charge on any atom is -0.329 e. The maximum absolute atomic E-state index is 13.4. The molecule has 1 fully saturated rings. The molecule has 2 amide bonds. The van der Waals surface area contributed by atoms with Gasteiger partial charge in [-0.2, -0.15) is 0 Å². The van der Waals surface area contributed by atoms with E-state index in [1.54, 1.807) is 4.90 Å². The number of nitrogens with zero attached hydrogens (tertiary/aromatic N) is 3. The molecule has 4 aromatic rings. The molecule has 200 valence electrons. The van der Waals surface area contributed by atoms with Crippen LogP contribution in [-0.4, -0.2) is 32.8 Å². The first kappa shape index (κ1) is 26.4. The molecule has 0 aliphatic heterocycles. The van der Waals surface area contributed by atoms with Gasteiger partial charge in [0.2, 0.25) is 17.8 Å². The minimum absolute atomic E-state index is 0.00680. The lowest BCUT2D eigenvalue weighted by Crippen LogP contribution is -2.40. The lowest BCUT2D eigenvalue weighted by molar-refractivity contribution is -0.138. The summed E-state index contributed by atoms with van der Waals surface area (Å²) in [6.45, 7) is 4.72. The molecule has 3 aromatic carbocycles. The number of hydrogen-bond donors (Lipinski definition) is 1. The highest BCUT2D eigenvalue weighted by Gasteiger charge is 2.29. The molecule has 1 aromatic heterocycles. The molecule has 1 N–H and O–H groups in total. The predicted octanol–water partition coefficient (Wildman–Crippen LogP) is 6.82. The molecule has 6 nitrogen and oxygen atoms in total. The smallest absolute Gasteiger partial charge is 0.246 e. The Kier molecular flexibility index (Phi) is 8.21. The number of nitrogens with one attached hydrogen (secondary N) is 1. The SMILES string of the molecule is CC(C)c1ccc(-n2cc(-c3ccccc3)nc2NC(=O)CN(Cc2ccccc2)C(=O)C2CCCC2)cc1. The van der Waals surface area contributed by atoms with Gasteiger partial charge in [0.25, 0.3) is 0 Å². The number of imidazole rings is 1. The van der Waals surface area contributed by atoms with Crippen molar-refractivity contribution >= 4 is 17.8 Å². The first-order valence-electron chi connectivity index (χ1n) is 13.9. The highest BCUT2D eigenvalue weighted by molar-refractivity contribution is 5.94. The van der Waals surface area contributed by atoms with Gasteiger partial charge in [0.05, 0.1) is 5.69 Å². The van der Waals surface area contributed by atoms with E-state index in [9.17, 15) is 9.59 Å². The van der Waals surface area contributed by atoms with Gasteiger partial charge in [-0.05, 0) is 42.0 Å². The fourth-order valence-electron chi connectivity index (χ4n) is 5.22. The standard InChI is InChI=1S/C33H36N4O2/c1-24(2)26-17-19-29(20-18-26)37-22-30(27-13-7-4-8-14-27)34-33(37)35-31(38)23-36(21-25-11-5-3-6-12-25)32(39)28-15-9-10-16-28/h3-8,11-14,17-20,22,24,28H,9-10,15-16,21,23H2,1-2H3,(H,34,35,38). The van der Waals surface area contributed by atoms with Crippen molar-refractivity contribution in [3.05, 3.63) is 102 Å². The molecule has 0 unspecified atom stereocenters. The Labute approximate surface area is 230 Å². The van der Waals surface area contributed by atoms with Crippen molar-refractivity contribution in [2.75, 3.05) is 11.9 Å². The molecule has 0 spiro atoms. The molecule has 0 atom stereocenters. The zero-order chi connectivity index (χ0) is 27.2. The van der Waals surface area contributed by atoms with Gasteiger partial charge in [-0.25, -0.2) is 4.98 Å². The Morgan fingerprint density at radius 3 is 2.21 bits per heavy atom. The summed E-state index contributed by atoms with van der Waals surface area (Å²) < 4.78 is 1.91. The van der Waals surface area contributed by atoms with Crippen LogP contribution in [0.5, 0.6) is 0 Å². The van der Waals surface area contributed by atoms with Crippen molar-refractivity contribution < 1.29 is 9.59 Å². The molecule has 39 heavy (non-hydrogen) atoms. The van der Waals surface area contributed by atoms with E-state index in [1.165, 1.54) is 5.56 Å². The Morgan fingerprint density at radius 1 is 0.923 bits per heavy atom. The van der Waals surface area contributed by atoms with E-state index in [4.69, 9.17) is 4.98 Å². The second kappa shape index (κ2) is 12.1. The van der Waals surface area contributed by atoms with Crippen LogP contribution in [0.15, 0.2) is 91.1 Å². The topological polar surface area (TPSA) is 67.2 Å². The third-order valence-electron chi connectivity index (χ3n) is 7.43. The summed E-state index contributed by atoms with van der Waals surface area (Å²) in [5, 5.41) is 3.02. The maximum Gasteiger partial charge on any atom is 0.246 e. The molecular weight excluding hydrogens is 484 g/mol. The quantitative estimate of drug-likeness (QED) is 0.263. The third-order valence-corrected chi connectivity index (χ3v) is 7.43. The number of benzene rings is 3. The van der Waals surface area contributed by atoms with Crippen LogP contribution in [0.1, 0.15) is 56.6 Å². The molecule has 5 rings (SSSR count). The van der Waals surface area contributed by atoms with E-state index < -0.39 is 0 Å². The summed E-state index contributed by atoms with van der Waals surface area (Å²) in [7, 11) is 0. The van der Waals surface area contributed by atoms with Gasteiger partial charge in [0.1, 0.15) is 6.54 Å². The molecule has 0 bridgehead atoms. The number of hydrogen-bond acceptors (Lipinski definition) is 3. The van der Waals surface area contributed by atoms with Gasteiger partial charge < -0.3 is 4.90 Å². The van der Waals surface area contributed by atoms with Crippen molar-refractivity contribution in [2.45, 2.75) is 52.0 Å². The average molecular weight is 521 g/mol. The van der Waals surface area contributed by atoms with Crippen LogP contribution in [0.25, 0.3) is 16.9 Å². The van der Waals surface area contributed by atoms with Crippen molar-refractivity contribution in [2.24, 2.45) is 5.92 Å². The Bertz CT molecular complexity index is 1390. The van der Waals surface area contributed by atoms with Crippen molar-refractivity contribution in [1.29, 1.82) is 0 Å². The van der Waals surface area contributed by atoms with Gasteiger partial charge in [0.15, 0.2) is 0 Å². The van der Waals surface area contributed by atoms with Crippen LogP contribution >= 0.6 is 0 Å². The van der Waals surface area contributed by atoms with E-state index in [1.807, 2.05) is 83.6 Å². The van der Waals surface area contributed by atoms with E-state index >= 15 is 0 Å². The Hall–Kier alpha value is -4.19. The Morgan fingerprint density at radius 2 is 1.56 bits per heavy atom. The van der Waals surface area contributed by atoms with E-state index in [0.717, 1.165) is 48.2 Å². The third kappa shape index (κ3) is 6.45. The normalized spacial score (nSPS) is 13.5. The van der Waals surface area contributed by atoms with Crippen molar-refractivity contribution in [1.82, 2.24) is 14.5 Å². The van der Waals surface area contributed by atoms with Gasteiger partial charge >= 0.3 is 0 Å². The van der Waals surface area contributed by atoms with Crippen molar-refractivity contribution in [3.63, 3.8) is 0 Å². The average Bonchev–Trinajstić information content (AvgIpc) is 3.64. The van der Waals surface area contributed by atoms with Crippen LogP contribution in [0.4, 0.5) is 5.95 Å². The fraction of sp³-hybridized carbons (Fsp3) is 0.303. The lowest BCUT2D eigenvalue weighted by atomic mass is 10.0. The summed E-state index contributed by atoms with van der Waals surface area (Å²) >= 11 is 0. The van der Waals surface area contributed by atoms with E-state index in [2.05, 4.69) is 31.3 Å². The van der Waals surface area contributed by atoms with Crippen molar-refractivity contribution in [3.8, 4) is 16.9 Å². The summed E-state index contributed by atoms with van der Waals surface area (Å²) in [5.41, 5.74) is 4.90. The largest absolute Gasteiger partial charge is 0.329 e. The number of carbonyl (C=O) groups is 2. The fourth-order valence-corrected chi connectivity index (χ4v) is 5.22. The number of aromatic nitrogens is 2. The molecule has 0 radical (unpaired) electrons. The predicted molar refractivity (Wildman–Crippen MR) is 156 cm³/mol. The second-order valence-electron chi connectivity index (χ2n) is 10.6. The summed E-state index contributed by atoms with van der Waals surface area (Å²) in [5.74, 6) is 0.650. The van der Waals surface area contributed by atoms with Crippen LogP contribution < -0.4 is 5.32 Å². The van der Waals surface area contributed by atoms with Crippen LogP contribution in [0, 0.1) is 5.92 Å². The number of rotatable bonds is 9. The van der Waals surface area contributed by atoms with Gasteiger partial charge in [0, 0.05) is 29.9 Å². The Balaban J connectivity index is 1.41. The minimum atomic E-state index is -0.262. The zero-order valence-corrected chi connectivity index (χ0v) is 22.7. The zero-order valence-electron chi connectivity index (χ0n) is 22.7. The molecular formula is C33H36N4O2. The maximum atomic E-state index is 13.4. The van der Waals surface area contributed by atoms with E-state index in [0.29, 0.717) is 18.4 Å². The molecule has 1 aliphatic carbocycles. The molecule has 1 heterocycles. The number of carbonyl (C=O) groups excluding carboxylic acids is 2. The summed E-state index contributed by atoms with van der Waals surface area (Å²) in [6, 6.07) is 28.1. The highest BCUT2D eigenvalue weighted by atomic mass is 16.2. The first-order chi connectivity index (χ1) is 19.0. The first-order valence-corrected chi connectivity index (χ1v) is 13.9. The number of anilines is 1. The number of amides is 2. The van der Waals surface area contributed by atoms with Gasteiger partial charge in [-0.15, -0.1) is 0 Å². The van der Waals surface area contributed by atoms with Crippen LogP contribution in [-0.2, 0) is 16.1 Å². The summed E-state index contributed by atoms with van der Waals surface area (Å²) in [4.78, 5) is 33.4. The molecule has 0 saturated heterocycles. The second-order valence-corrected chi connectivity index (χ2v) is 10.6. The van der Waals surface area contributed by atoms with Crippen LogP contribution in [0.2, 0.25) is 0 Å². The van der Waals surface area contributed by atoms with Crippen LogP contribution in [0.3, 0.4) is 0 Å². The highest BCUT2D eigenvalue weighted by Crippen LogP contribution is 2.28. The lowest BCUT2D eigenvalue weighted by Gasteiger charge is -2.25. The molecule has 6 heteroatoms.